The van der Waals surface area contributed by atoms with Crippen molar-refractivity contribution < 1.29 is 14.8 Å². The van der Waals surface area contributed by atoms with Gasteiger partial charge in [-0.15, -0.1) is 0 Å². The molecule has 0 saturated heterocycles. The van der Waals surface area contributed by atoms with Gasteiger partial charge in [0.25, 0.3) is 5.69 Å². The number of aliphatic hydroxyl groups is 1. The molecule has 1 atom stereocenters. The predicted molar refractivity (Wildman–Crippen MR) is 70.4 cm³/mol. The summed E-state index contributed by atoms with van der Waals surface area (Å²) in [5, 5.41) is 23.0. The first-order valence-electron chi connectivity index (χ1n) is 5.35. The molecule has 0 spiro atoms. The van der Waals surface area contributed by atoms with Crippen molar-refractivity contribution in [3.63, 3.8) is 0 Å². The Morgan fingerprint density at radius 2 is 2.33 bits per heavy atom. The zero-order valence-corrected chi connectivity index (χ0v) is 11.5. The number of aliphatic hydroxyl groups excluding tert-OH is 1. The summed E-state index contributed by atoms with van der Waals surface area (Å²) < 4.78 is 5.47. The van der Waals surface area contributed by atoms with Crippen LogP contribution in [0.5, 0.6) is 0 Å². The van der Waals surface area contributed by atoms with Crippen LogP contribution in [0, 0.1) is 10.1 Å². The van der Waals surface area contributed by atoms with E-state index in [0.29, 0.717) is 17.6 Å². The van der Waals surface area contributed by atoms with Crippen LogP contribution >= 0.6 is 15.9 Å². The summed E-state index contributed by atoms with van der Waals surface area (Å²) >= 11 is 3.28. The molecule has 0 aliphatic rings. The first-order chi connectivity index (χ1) is 8.54. The molecule has 2 N–H and O–H groups in total. The molecule has 100 valence electrons. The van der Waals surface area contributed by atoms with Crippen molar-refractivity contribution in [3.8, 4) is 0 Å². The average Bonchev–Trinajstić information content (AvgIpc) is 2.31. The number of nitro benzene ring substituents is 1. The minimum atomic E-state index is -0.563. The van der Waals surface area contributed by atoms with Gasteiger partial charge in [0.1, 0.15) is 0 Å². The van der Waals surface area contributed by atoms with Crippen LogP contribution in [-0.2, 0) is 11.3 Å². The molecule has 7 heteroatoms. The molecule has 1 aromatic rings. The topological polar surface area (TPSA) is 84.6 Å². The monoisotopic (exact) mass is 318 g/mol. The van der Waals surface area contributed by atoms with E-state index in [0.717, 1.165) is 5.56 Å². The van der Waals surface area contributed by atoms with Gasteiger partial charge in [-0.05, 0) is 11.6 Å². The lowest BCUT2D eigenvalue weighted by Gasteiger charge is -2.11. The maximum atomic E-state index is 10.6. The SMILES string of the molecule is COCC(O)CNCc1ccc([N+](=O)[O-])cc1Br. The van der Waals surface area contributed by atoms with Crippen LogP contribution in [0.25, 0.3) is 0 Å². The third kappa shape index (κ3) is 4.69. The molecule has 0 aliphatic heterocycles. The summed E-state index contributed by atoms with van der Waals surface area (Å²) in [4.78, 5) is 10.1. The number of benzene rings is 1. The quantitative estimate of drug-likeness (QED) is 0.587. The maximum absolute atomic E-state index is 10.6. The zero-order chi connectivity index (χ0) is 13.5. The van der Waals surface area contributed by atoms with E-state index in [9.17, 15) is 15.2 Å². The smallest absolute Gasteiger partial charge is 0.270 e. The van der Waals surface area contributed by atoms with Crippen molar-refractivity contribution in [2.75, 3.05) is 20.3 Å². The molecule has 0 fully saturated rings. The molecule has 0 aromatic heterocycles. The maximum Gasteiger partial charge on any atom is 0.270 e. The lowest BCUT2D eigenvalue weighted by Crippen LogP contribution is -2.29. The Hall–Kier alpha value is -1.02. The largest absolute Gasteiger partial charge is 0.389 e. The number of methoxy groups -OCH3 is 1. The van der Waals surface area contributed by atoms with Crippen molar-refractivity contribution in [3.05, 3.63) is 38.3 Å². The molecule has 1 rings (SSSR count). The Morgan fingerprint density at radius 1 is 1.61 bits per heavy atom. The minimum absolute atomic E-state index is 0.0463. The molecule has 1 unspecified atom stereocenters. The number of nitro groups is 1. The fraction of sp³-hybridized carbons (Fsp3) is 0.455. The van der Waals surface area contributed by atoms with Gasteiger partial charge in [0.05, 0.1) is 17.6 Å². The van der Waals surface area contributed by atoms with Crippen molar-refractivity contribution in [1.82, 2.24) is 5.32 Å². The Balaban J connectivity index is 2.50. The number of hydrogen-bond acceptors (Lipinski definition) is 5. The van der Waals surface area contributed by atoms with Crippen molar-refractivity contribution in [2.24, 2.45) is 0 Å². The molecule has 0 bridgehead atoms. The molecular weight excluding hydrogens is 304 g/mol. The molecular formula is C11H15BrN2O4. The second-order valence-electron chi connectivity index (χ2n) is 3.77. The van der Waals surface area contributed by atoms with Gasteiger partial charge >= 0.3 is 0 Å². The van der Waals surface area contributed by atoms with E-state index < -0.39 is 11.0 Å². The van der Waals surface area contributed by atoms with Crippen LogP contribution < -0.4 is 5.32 Å². The van der Waals surface area contributed by atoms with Crippen LogP contribution in [0.3, 0.4) is 0 Å². The highest BCUT2D eigenvalue weighted by atomic mass is 79.9. The first-order valence-corrected chi connectivity index (χ1v) is 6.14. The number of ether oxygens (including phenoxy) is 1. The van der Waals surface area contributed by atoms with Crippen molar-refractivity contribution in [2.45, 2.75) is 12.6 Å². The molecule has 0 heterocycles. The Morgan fingerprint density at radius 3 is 2.89 bits per heavy atom. The third-order valence-corrected chi connectivity index (χ3v) is 3.04. The number of rotatable bonds is 7. The van der Waals surface area contributed by atoms with Crippen molar-refractivity contribution >= 4 is 21.6 Å². The van der Waals surface area contributed by atoms with Gasteiger partial charge in [-0.3, -0.25) is 10.1 Å². The van der Waals surface area contributed by atoms with Gasteiger partial charge in [-0.25, -0.2) is 0 Å². The van der Waals surface area contributed by atoms with E-state index in [1.807, 2.05) is 0 Å². The third-order valence-electron chi connectivity index (χ3n) is 2.30. The second kappa shape index (κ2) is 7.42. The molecule has 0 saturated carbocycles. The summed E-state index contributed by atoms with van der Waals surface area (Å²) in [7, 11) is 1.52. The average molecular weight is 319 g/mol. The fourth-order valence-electron chi connectivity index (χ4n) is 1.42. The van der Waals surface area contributed by atoms with Crippen LogP contribution in [0.2, 0.25) is 0 Å². The van der Waals surface area contributed by atoms with Crippen LogP contribution in [-0.4, -0.2) is 36.4 Å². The standard InChI is InChI=1S/C11H15BrN2O4/c1-18-7-10(15)6-13-5-8-2-3-9(14(16)17)4-11(8)12/h2-4,10,13,15H,5-7H2,1H3. The van der Waals surface area contributed by atoms with Gasteiger partial charge in [-0.1, -0.05) is 15.9 Å². The zero-order valence-electron chi connectivity index (χ0n) is 9.93. The van der Waals surface area contributed by atoms with Gasteiger partial charge in [0.2, 0.25) is 0 Å². The van der Waals surface area contributed by atoms with Crippen LogP contribution in [0.4, 0.5) is 5.69 Å². The molecule has 1 aromatic carbocycles. The van der Waals surface area contributed by atoms with E-state index in [4.69, 9.17) is 4.74 Å². The number of hydrogen-bond donors (Lipinski definition) is 2. The number of nitrogens with zero attached hydrogens (tertiary/aromatic N) is 1. The summed E-state index contributed by atoms with van der Waals surface area (Å²) in [6.07, 6.45) is -0.563. The van der Waals surface area contributed by atoms with E-state index in [-0.39, 0.29) is 12.3 Å². The van der Waals surface area contributed by atoms with E-state index in [1.54, 1.807) is 6.07 Å². The van der Waals surface area contributed by atoms with Crippen molar-refractivity contribution in [1.29, 1.82) is 0 Å². The molecule has 0 amide bonds. The lowest BCUT2D eigenvalue weighted by molar-refractivity contribution is -0.384. The fourth-order valence-corrected chi connectivity index (χ4v) is 1.92. The Labute approximate surface area is 113 Å². The van der Waals surface area contributed by atoms with Gasteiger partial charge in [-0.2, -0.15) is 0 Å². The summed E-state index contributed by atoms with van der Waals surface area (Å²) in [6, 6.07) is 4.59. The molecule has 18 heavy (non-hydrogen) atoms. The van der Waals surface area contributed by atoms with Crippen LogP contribution in [0.15, 0.2) is 22.7 Å². The van der Waals surface area contributed by atoms with E-state index in [2.05, 4.69) is 21.2 Å². The predicted octanol–water partition coefficient (Wildman–Crippen LogP) is 1.45. The van der Waals surface area contributed by atoms with E-state index >= 15 is 0 Å². The Kier molecular flexibility index (Phi) is 6.20. The molecule has 6 nitrogen and oxygen atoms in total. The first kappa shape index (κ1) is 15.0. The minimum Gasteiger partial charge on any atom is -0.389 e. The lowest BCUT2D eigenvalue weighted by atomic mass is 10.2. The van der Waals surface area contributed by atoms with Crippen LogP contribution in [0.1, 0.15) is 5.56 Å². The summed E-state index contributed by atoms with van der Waals surface area (Å²) in [5.74, 6) is 0. The number of halogens is 1. The molecule has 0 aliphatic carbocycles. The van der Waals surface area contributed by atoms with Gasteiger partial charge < -0.3 is 15.2 Å². The second-order valence-corrected chi connectivity index (χ2v) is 4.63. The normalized spacial score (nSPS) is 12.4. The number of non-ortho nitro benzene ring substituents is 1. The highest BCUT2D eigenvalue weighted by Crippen LogP contribution is 2.22. The van der Waals surface area contributed by atoms with E-state index in [1.165, 1.54) is 19.2 Å². The molecule has 0 radical (unpaired) electrons. The number of nitrogens with one attached hydrogen (secondary N) is 1. The highest BCUT2D eigenvalue weighted by molar-refractivity contribution is 9.10. The summed E-state index contributed by atoms with van der Waals surface area (Å²) in [5.41, 5.74) is 0.940. The van der Waals surface area contributed by atoms with Gasteiger partial charge in [0.15, 0.2) is 0 Å². The summed E-state index contributed by atoms with van der Waals surface area (Å²) in [6.45, 7) is 1.19. The van der Waals surface area contributed by atoms with Gasteiger partial charge in [0, 0.05) is 36.8 Å². The highest BCUT2D eigenvalue weighted by Gasteiger charge is 2.09. The Bertz CT molecular complexity index is 414.